The molecule has 1 saturated heterocycles. The second-order valence-corrected chi connectivity index (χ2v) is 5.54. The van der Waals surface area contributed by atoms with Crippen molar-refractivity contribution >= 4 is 5.97 Å². The van der Waals surface area contributed by atoms with E-state index >= 15 is 0 Å². The van der Waals surface area contributed by atoms with E-state index in [9.17, 15) is 9.90 Å². The van der Waals surface area contributed by atoms with Gasteiger partial charge in [-0.15, -0.1) is 0 Å². The molecule has 1 aliphatic heterocycles. The number of nitrogens with zero attached hydrogens (tertiary/aromatic N) is 1. The van der Waals surface area contributed by atoms with Gasteiger partial charge in [-0.05, 0) is 50.4 Å². The van der Waals surface area contributed by atoms with Gasteiger partial charge in [-0.3, -0.25) is 4.90 Å². The van der Waals surface area contributed by atoms with Crippen LogP contribution in [0.4, 0.5) is 0 Å². The standard InChI is InChI=1S/C16H23NO3/c1-12(18)9-15-7-4-8-17(15)11-13-5-3-6-14(10-13)16(19)20-2/h3,5-6,10,12,15,18H,4,7-9,11H2,1-2H3. The first-order valence-electron chi connectivity index (χ1n) is 7.19. The van der Waals surface area contributed by atoms with Gasteiger partial charge < -0.3 is 9.84 Å². The fraction of sp³-hybridized carbons (Fsp3) is 0.562. The van der Waals surface area contributed by atoms with Crippen LogP contribution in [0, 0.1) is 0 Å². The quantitative estimate of drug-likeness (QED) is 0.838. The summed E-state index contributed by atoms with van der Waals surface area (Å²) in [5, 5.41) is 9.56. The Morgan fingerprint density at radius 1 is 1.55 bits per heavy atom. The van der Waals surface area contributed by atoms with Crippen molar-refractivity contribution in [2.24, 2.45) is 0 Å². The van der Waals surface area contributed by atoms with Gasteiger partial charge in [-0.2, -0.15) is 0 Å². The van der Waals surface area contributed by atoms with Crippen LogP contribution in [-0.4, -0.2) is 41.8 Å². The van der Waals surface area contributed by atoms with E-state index in [1.807, 2.05) is 25.1 Å². The molecule has 0 amide bonds. The van der Waals surface area contributed by atoms with Crippen molar-refractivity contribution in [3.05, 3.63) is 35.4 Å². The molecule has 0 bridgehead atoms. The maximum Gasteiger partial charge on any atom is 0.337 e. The number of aliphatic hydroxyl groups is 1. The average molecular weight is 277 g/mol. The van der Waals surface area contributed by atoms with Crippen molar-refractivity contribution in [1.29, 1.82) is 0 Å². The zero-order valence-electron chi connectivity index (χ0n) is 12.2. The highest BCUT2D eigenvalue weighted by Gasteiger charge is 2.25. The van der Waals surface area contributed by atoms with Crippen molar-refractivity contribution in [3.63, 3.8) is 0 Å². The first kappa shape index (κ1) is 15.0. The van der Waals surface area contributed by atoms with Gasteiger partial charge in [-0.25, -0.2) is 4.79 Å². The Kier molecular flexibility index (Phi) is 5.15. The lowest BCUT2D eigenvalue weighted by molar-refractivity contribution is 0.0600. The van der Waals surface area contributed by atoms with E-state index < -0.39 is 0 Å². The minimum absolute atomic E-state index is 0.262. The van der Waals surface area contributed by atoms with Crippen molar-refractivity contribution in [2.45, 2.75) is 44.9 Å². The van der Waals surface area contributed by atoms with Crippen molar-refractivity contribution < 1.29 is 14.6 Å². The Balaban J connectivity index is 2.03. The van der Waals surface area contributed by atoms with Crippen LogP contribution in [-0.2, 0) is 11.3 Å². The predicted octanol–water partition coefficient (Wildman–Crippen LogP) is 2.21. The second kappa shape index (κ2) is 6.86. The Hall–Kier alpha value is -1.39. The highest BCUT2D eigenvalue weighted by atomic mass is 16.5. The van der Waals surface area contributed by atoms with E-state index in [1.54, 1.807) is 6.07 Å². The molecule has 0 aliphatic carbocycles. The molecule has 0 aromatic heterocycles. The normalized spacial score (nSPS) is 20.9. The number of benzene rings is 1. The molecule has 0 radical (unpaired) electrons. The average Bonchev–Trinajstić information content (AvgIpc) is 2.84. The van der Waals surface area contributed by atoms with E-state index in [0.29, 0.717) is 11.6 Å². The summed E-state index contributed by atoms with van der Waals surface area (Å²) in [6.45, 7) is 3.72. The fourth-order valence-corrected chi connectivity index (χ4v) is 2.91. The van der Waals surface area contributed by atoms with Crippen molar-refractivity contribution in [2.75, 3.05) is 13.7 Å². The molecule has 4 heteroatoms. The minimum atomic E-state index is -0.297. The Labute approximate surface area is 120 Å². The molecule has 4 nitrogen and oxygen atoms in total. The summed E-state index contributed by atoms with van der Waals surface area (Å²) in [6.07, 6.45) is 2.87. The van der Waals surface area contributed by atoms with Gasteiger partial charge in [0.2, 0.25) is 0 Å². The fourth-order valence-electron chi connectivity index (χ4n) is 2.91. The first-order valence-corrected chi connectivity index (χ1v) is 7.19. The highest BCUT2D eigenvalue weighted by Crippen LogP contribution is 2.23. The molecular formula is C16H23NO3. The lowest BCUT2D eigenvalue weighted by Gasteiger charge is -2.25. The van der Waals surface area contributed by atoms with E-state index in [2.05, 4.69) is 4.90 Å². The predicted molar refractivity (Wildman–Crippen MR) is 77.5 cm³/mol. The number of aliphatic hydroxyl groups excluding tert-OH is 1. The van der Waals surface area contributed by atoms with Gasteiger partial charge in [-0.1, -0.05) is 12.1 Å². The summed E-state index contributed by atoms with van der Waals surface area (Å²) in [7, 11) is 1.40. The largest absolute Gasteiger partial charge is 0.465 e. The van der Waals surface area contributed by atoms with Crippen molar-refractivity contribution in [1.82, 2.24) is 4.90 Å². The maximum atomic E-state index is 11.5. The molecule has 0 spiro atoms. The smallest absolute Gasteiger partial charge is 0.337 e. The monoisotopic (exact) mass is 277 g/mol. The van der Waals surface area contributed by atoms with Crippen LogP contribution in [0.3, 0.4) is 0 Å². The number of hydrogen-bond donors (Lipinski definition) is 1. The van der Waals surface area contributed by atoms with Crippen LogP contribution in [0.2, 0.25) is 0 Å². The van der Waals surface area contributed by atoms with Crippen LogP contribution < -0.4 is 0 Å². The van der Waals surface area contributed by atoms with Crippen LogP contribution in [0.25, 0.3) is 0 Å². The Morgan fingerprint density at radius 2 is 2.35 bits per heavy atom. The third-order valence-corrected chi connectivity index (χ3v) is 3.85. The topological polar surface area (TPSA) is 49.8 Å². The molecule has 2 unspecified atom stereocenters. The number of ether oxygens (including phenoxy) is 1. The summed E-state index contributed by atoms with van der Waals surface area (Å²) < 4.78 is 4.75. The molecule has 0 saturated carbocycles. The molecule has 110 valence electrons. The number of methoxy groups -OCH3 is 1. The van der Waals surface area contributed by atoms with E-state index in [1.165, 1.54) is 13.5 Å². The van der Waals surface area contributed by atoms with Gasteiger partial charge in [0, 0.05) is 12.6 Å². The SMILES string of the molecule is COC(=O)c1cccc(CN2CCCC2CC(C)O)c1. The van der Waals surface area contributed by atoms with E-state index in [0.717, 1.165) is 31.5 Å². The maximum absolute atomic E-state index is 11.5. The summed E-state index contributed by atoms with van der Waals surface area (Å²) >= 11 is 0. The summed E-state index contributed by atoms with van der Waals surface area (Å²) in [5.74, 6) is -0.297. The van der Waals surface area contributed by atoms with Gasteiger partial charge in [0.05, 0.1) is 18.8 Å². The molecule has 1 aliphatic rings. The number of rotatable bonds is 5. The summed E-state index contributed by atoms with van der Waals surface area (Å²) in [4.78, 5) is 13.9. The van der Waals surface area contributed by atoms with Gasteiger partial charge >= 0.3 is 5.97 Å². The number of esters is 1. The molecule has 1 heterocycles. The lowest BCUT2D eigenvalue weighted by atomic mass is 10.1. The Morgan fingerprint density at radius 3 is 3.05 bits per heavy atom. The van der Waals surface area contributed by atoms with E-state index in [-0.39, 0.29) is 12.1 Å². The van der Waals surface area contributed by atoms with E-state index in [4.69, 9.17) is 4.74 Å². The highest BCUT2D eigenvalue weighted by molar-refractivity contribution is 5.89. The Bertz CT molecular complexity index is 459. The van der Waals surface area contributed by atoms with Crippen LogP contribution in [0.5, 0.6) is 0 Å². The third-order valence-electron chi connectivity index (χ3n) is 3.85. The second-order valence-electron chi connectivity index (χ2n) is 5.54. The zero-order valence-corrected chi connectivity index (χ0v) is 12.2. The van der Waals surface area contributed by atoms with Crippen LogP contribution in [0.15, 0.2) is 24.3 Å². The molecular weight excluding hydrogens is 254 g/mol. The number of likely N-dealkylation sites (tertiary alicyclic amines) is 1. The summed E-state index contributed by atoms with van der Waals surface area (Å²) in [6, 6.07) is 8.03. The third kappa shape index (κ3) is 3.81. The zero-order chi connectivity index (χ0) is 14.5. The van der Waals surface area contributed by atoms with Crippen LogP contribution in [0.1, 0.15) is 42.1 Å². The molecule has 2 atom stereocenters. The van der Waals surface area contributed by atoms with Crippen LogP contribution >= 0.6 is 0 Å². The number of carbonyl (C=O) groups excluding carboxylic acids is 1. The number of hydrogen-bond acceptors (Lipinski definition) is 4. The number of carbonyl (C=O) groups is 1. The molecule has 1 fully saturated rings. The first-order chi connectivity index (χ1) is 9.60. The lowest BCUT2D eigenvalue weighted by Crippen LogP contribution is -2.31. The van der Waals surface area contributed by atoms with Gasteiger partial charge in [0.1, 0.15) is 0 Å². The van der Waals surface area contributed by atoms with Gasteiger partial charge in [0.25, 0.3) is 0 Å². The molecule has 1 aromatic rings. The van der Waals surface area contributed by atoms with Gasteiger partial charge in [0.15, 0.2) is 0 Å². The molecule has 1 aromatic carbocycles. The van der Waals surface area contributed by atoms with Crippen molar-refractivity contribution in [3.8, 4) is 0 Å². The molecule has 1 N–H and O–H groups in total. The molecule has 20 heavy (non-hydrogen) atoms. The summed E-state index contributed by atoms with van der Waals surface area (Å²) in [5.41, 5.74) is 1.71. The molecule has 2 rings (SSSR count). The minimum Gasteiger partial charge on any atom is -0.465 e.